The van der Waals surface area contributed by atoms with Crippen molar-refractivity contribution in [3.05, 3.63) is 12.3 Å². The monoisotopic (exact) mass is 167 g/mol. The fraction of sp³-hybridized carbons (Fsp3) is 0.727. The summed E-state index contributed by atoms with van der Waals surface area (Å²) in [5.41, 5.74) is 1.51. The Balaban J connectivity index is 4.43. The summed E-state index contributed by atoms with van der Waals surface area (Å²) in [5.74, 6) is 0. The number of aliphatic imine (C=N–C) groups is 1. The van der Waals surface area contributed by atoms with Gasteiger partial charge < -0.3 is 0 Å². The number of nitrogens with zero attached hydrogens (tertiary/aromatic N) is 1. The molecule has 0 aliphatic rings. The van der Waals surface area contributed by atoms with Crippen LogP contribution in [0.5, 0.6) is 0 Å². The summed E-state index contributed by atoms with van der Waals surface area (Å²) in [5, 5.41) is 0. The Morgan fingerprint density at radius 2 is 1.92 bits per heavy atom. The average molecular weight is 167 g/mol. The topological polar surface area (TPSA) is 12.4 Å². The molecule has 0 fully saturated rings. The minimum atomic E-state index is 0.218. The third-order valence-corrected chi connectivity index (χ3v) is 1.73. The lowest BCUT2D eigenvalue weighted by atomic mass is 9.87. The van der Waals surface area contributed by atoms with E-state index in [9.17, 15) is 0 Å². The molecule has 1 heteroatoms. The van der Waals surface area contributed by atoms with Crippen LogP contribution in [-0.4, -0.2) is 5.71 Å². The highest BCUT2D eigenvalue weighted by Gasteiger charge is 2.16. The molecule has 0 aromatic rings. The molecule has 0 atom stereocenters. The van der Waals surface area contributed by atoms with Crippen LogP contribution in [0, 0.1) is 5.41 Å². The Morgan fingerprint density at radius 3 is 2.25 bits per heavy atom. The third-order valence-electron chi connectivity index (χ3n) is 1.73. The first kappa shape index (κ1) is 11.4. The van der Waals surface area contributed by atoms with E-state index in [1.807, 2.05) is 19.2 Å². The third kappa shape index (κ3) is 4.32. The van der Waals surface area contributed by atoms with Gasteiger partial charge in [0, 0.05) is 17.3 Å². The molecule has 0 heterocycles. The molecule has 12 heavy (non-hydrogen) atoms. The molecule has 0 saturated carbocycles. The van der Waals surface area contributed by atoms with E-state index in [0.717, 1.165) is 6.42 Å². The maximum atomic E-state index is 4.44. The van der Waals surface area contributed by atoms with Crippen LogP contribution in [0.25, 0.3) is 0 Å². The van der Waals surface area contributed by atoms with Crippen LogP contribution in [0.3, 0.4) is 0 Å². The average Bonchev–Trinajstić information content (AvgIpc) is 1.95. The minimum absolute atomic E-state index is 0.218. The summed E-state index contributed by atoms with van der Waals surface area (Å²) in [7, 11) is 0. The van der Waals surface area contributed by atoms with E-state index >= 15 is 0 Å². The molecule has 0 rings (SSSR count). The van der Waals surface area contributed by atoms with E-state index in [2.05, 4.69) is 32.7 Å². The van der Waals surface area contributed by atoms with Gasteiger partial charge in [-0.05, 0) is 13.3 Å². The Morgan fingerprint density at radius 1 is 1.33 bits per heavy atom. The lowest BCUT2D eigenvalue weighted by Crippen LogP contribution is -2.19. The molecule has 0 N–H and O–H groups in total. The van der Waals surface area contributed by atoms with Crippen molar-refractivity contribution < 1.29 is 0 Å². The van der Waals surface area contributed by atoms with E-state index in [1.165, 1.54) is 12.1 Å². The summed E-state index contributed by atoms with van der Waals surface area (Å²) >= 11 is 0. The molecule has 0 unspecified atom stereocenters. The predicted molar refractivity (Wildman–Crippen MR) is 56.6 cm³/mol. The molecule has 0 amide bonds. The van der Waals surface area contributed by atoms with Gasteiger partial charge in [-0.25, -0.2) is 0 Å². The molecule has 0 aromatic carbocycles. The van der Waals surface area contributed by atoms with Gasteiger partial charge in [-0.1, -0.05) is 40.2 Å². The summed E-state index contributed by atoms with van der Waals surface area (Å²) in [4.78, 5) is 4.44. The molecule has 70 valence electrons. The van der Waals surface area contributed by atoms with E-state index in [1.54, 1.807) is 0 Å². The van der Waals surface area contributed by atoms with Crippen molar-refractivity contribution >= 4 is 5.71 Å². The fourth-order valence-electron chi connectivity index (χ4n) is 1.03. The number of hydrogen-bond donors (Lipinski definition) is 0. The smallest absolute Gasteiger partial charge is 0.0232 e. The lowest BCUT2D eigenvalue weighted by molar-refractivity contribution is 0.575. The van der Waals surface area contributed by atoms with Gasteiger partial charge in [0.05, 0.1) is 0 Å². The number of allylic oxidation sites excluding steroid dienone is 1. The van der Waals surface area contributed by atoms with Gasteiger partial charge in [-0.3, -0.25) is 4.99 Å². The molecule has 0 saturated heterocycles. The number of rotatable bonds is 3. The van der Waals surface area contributed by atoms with Crippen LogP contribution in [0.2, 0.25) is 0 Å². The first-order chi connectivity index (χ1) is 5.52. The largest absolute Gasteiger partial charge is 0.265 e. The molecule has 0 aliphatic heterocycles. The van der Waals surface area contributed by atoms with Crippen LogP contribution >= 0.6 is 0 Å². The first-order valence-electron chi connectivity index (χ1n) is 4.70. The highest BCUT2D eigenvalue weighted by atomic mass is 14.7. The molecule has 0 bridgehead atoms. The molecule has 0 radical (unpaired) electrons. The van der Waals surface area contributed by atoms with Crippen molar-refractivity contribution in [2.24, 2.45) is 10.4 Å². The molecular formula is C11H21N. The van der Waals surface area contributed by atoms with Gasteiger partial charge in [0.2, 0.25) is 0 Å². The second kappa shape index (κ2) is 5.13. The van der Waals surface area contributed by atoms with Gasteiger partial charge >= 0.3 is 0 Å². The molecule has 1 nitrogen and oxygen atoms in total. The van der Waals surface area contributed by atoms with E-state index in [-0.39, 0.29) is 5.41 Å². The van der Waals surface area contributed by atoms with Gasteiger partial charge in [0.25, 0.3) is 0 Å². The van der Waals surface area contributed by atoms with E-state index in [4.69, 9.17) is 0 Å². The highest BCUT2D eigenvalue weighted by molar-refractivity contribution is 5.89. The van der Waals surface area contributed by atoms with Crippen LogP contribution in [-0.2, 0) is 0 Å². The lowest BCUT2D eigenvalue weighted by Gasteiger charge is -2.20. The summed E-state index contributed by atoms with van der Waals surface area (Å²) in [6, 6.07) is 0. The Hall–Kier alpha value is -0.590. The first-order valence-corrected chi connectivity index (χ1v) is 4.70. The maximum Gasteiger partial charge on any atom is 0.0232 e. The Kier molecular flexibility index (Phi) is 4.87. The fourth-order valence-corrected chi connectivity index (χ4v) is 1.03. The molecular weight excluding hydrogens is 146 g/mol. The van der Waals surface area contributed by atoms with Crippen LogP contribution in [0.4, 0.5) is 0 Å². The Labute approximate surface area is 76.6 Å². The molecule has 0 aliphatic carbocycles. The highest BCUT2D eigenvalue weighted by Crippen LogP contribution is 2.19. The van der Waals surface area contributed by atoms with Crippen molar-refractivity contribution in [2.45, 2.75) is 47.5 Å². The van der Waals surface area contributed by atoms with Crippen LogP contribution < -0.4 is 0 Å². The molecule has 0 aromatic heterocycles. The zero-order chi connectivity index (χ0) is 9.61. The quantitative estimate of drug-likeness (QED) is 0.567. The van der Waals surface area contributed by atoms with Crippen molar-refractivity contribution in [3.63, 3.8) is 0 Å². The van der Waals surface area contributed by atoms with Crippen molar-refractivity contribution in [2.75, 3.05) is 0 Å². The maximum absolute atomic E-state index is 4.44. The summed E-state index contributed by atoms with van der Waals surface area (Å²) in [6.07, 6.45) is 6.14. The van der Waals surface area contributed by atoms with E-state index < -0.39 is 0 Å². The summed E-state index contributed by atoms with van der Waals surface area (Å²) in [6.45, 7) is 10.8. The van der Waals surface area contributed by atoms with E-state index in [0.29, 0.717) is 0 Å². The predicted octanol–water partition coefficient (Wildman–Crippen LogP) is 3.81. The SMILES string of the molecule is C/C=C\N=C(CCC)C(C)(C)C. The second-order valence-electron chi connectivity index (χ2n) is 4.06. The zero-order valence-corrected chi connectivity index (χ0v) is 9.02. The number of hydrogen-bond acceptors (Lipinski definition) is 1. The van der Waals surface area contributed by atoms with Crippen molar-refractivity contribution in [3.8, 4) is 0 Å². The van der Waals surface area contributed by atoms with Crippen molar-refractivity contribution in [1.82, 2.24) is 0 Å². The summed E-state index contributed by atoms with van der Waals surface area (Å²) < 4.78 is 0. The van der Waals surface area contributed by atoms with Gasteiger partial charge in [-0.2, -0.15) is 0 Å². The zero-order valence-electron chi connectivity index (χ0n) is 9.02. The van der Waals surface area contributed by atoms with Gasteiger partial charge in [0.15, 0.2) is 0 Å². The van der Waals surface area contributed by atoms with Crippen LogP contribution in [0.1, 0.15) is 47.5 Å². The minimum Gasteiger partial charge on any atom is -0.265 e. The molecule has 0 spiro atoms. The normalized spacial score (nSPS) is 14.2. The van der Waals surface area contributed by atoms with Gasteiger partial charge in [0.1, 0.15) is 0 Å². The van der Waals surface area contributed by atoms with Crippen molar-refractivity contribution in [1.29, 1.82) is 0 Å². The second-order valence-corrected chi connectivity index (χ2v) is 4.06. The standard InChI is InChI=1S/C11H21N/c1-6-8-10(11(3,4)5)12-9-7-2/h7,9H,6,8H2,1-5H3/b9-7-,12-10?. The Bertz CT molecular complexity index is 170. The van der Waals surface area contributed by atoms with Crippen LogP contribution in [0.15, 0.2) is 17.3 Å². The van der Waals surface area contributed by atoms with Gasteiger partial charge in [-0.15, -0.1) is 0 Å².